The third-order valence-corrected chi connectivity index (χ3v) is 7.12. The summed E-state index contributed by atoms with van der Waals surface area (Å²) in [6.45, 7) is 2.76. The maximum absolute atomic E-state index is 12.5. The fourth-order valence-corrected chi connectivity index (χ4v) is 4.99. The number of aromatic nitrogens is 4. The van der Waals surface area contributed by atoms with Crippen LogP contribution in [0, 0.1) is 11.3 Å². The number of piperidine rings is 1. The second kappa shape index (κ2) is 11.1. The van der Waals surface area contributed by atoms with Crippen LogP contribution in [-0.4, -0.2) is 70.8 Å². The molecule has 0 atom stereocenters. The van der Waals surface area contributed by atoms with Crippen molar-refractivity contribution < 1.29 is 13.5 Å². The van der Waals surface area contributed by atoms with Crippen LogP contribution in [-0.2, 0) is 6.54 Å². The highest BCUT2D eigenvalue weighted by Crippen LogP contribution is 2.33. The van der Waals surface area contributed by atoms with Crippen LogP contribution >= 0.6 is 0 Å². The lowest BCUT2D eigenvalue weighted by Gasteiger charge is -2.34. The zero-order valence-corrected chi connectivity index (χ0v) is 20.8. The summed E-state index contributed by atoms with van der Waals surface area (Å²) in [7, 11) is 1.75. The Labute approximate surface area is 214 Å². The number of nitrogens with one attached hydrogen (secondary N) is 1. The minimum absolute atomic E-state index is 0.131. The van der Waals surface area contributed by atoms with E-state index in [0.29, 0.717) is 17.2 Å². The Morgan fingerprint density at radius 3 is 2.49 bits per heavy atom. The average molecular weight is 509 g/mol. The van der Waals surface area contributed by atoms with Gasteiger partial charge in [-0.25, -0.2) is 15.0 Å². The summed E-state index contributed by atoms with van der Waals surface area (Å²) in [6.07, 6.45) is 6.56. The van der Waals surface area contributed by atoms with Gasteiger partial charge in [0.25, 0.3) is 0 Å². The van der Waals surface area contributed by atoms with Gasteiger partial charge in [0.15, 0.2) is 5.82 Å². The smallest absolute Gasteiger partial charge is 0.387 e. The van der Waals surface area contributed by atoms with Crippen LogP contribution in [0.15, 0.2) is 36.8 Å². The van der Waals surface area contributed by atoms with E-state index in [1.807, 2.05) is 0 Å². The zero-order chi connectivity index (χ0) is 25.8. The maximum Gasteiger partial charge on any atom is 0.387 e. The van der Waals surface area contributed by atoms with Crippen molar-refractivity contribution in [2.24, 2.45) is 0 Å². The minimum atomic E-state index is -2.85. The number of imidazole rings is 1. The summed E-state index contributed by atoms with van der Waals surface area (Å²) >= 11 is 0. The van der Waals surface area contributed by atoms with Gasteiger partial charge in [-0.2, -0.15) is 14.0 Å². The number of ether oxygens (including phenoxy) is 1. The number of nitriles is 1. The molecular weight excluding hydrogens is 478 g/mol. The Balaban J connectivity index is 1.34. The van der Waals surface area contributed by atoms with Gasteiger partial charge in [-0.15, -0.1) is 0 Å². The van der Waals surface area contributed by atoms with E-state index >= 15 is 0 Å². The molecule has 0 unspecified atom stereocenters. The van der Waals surface area contributed by atoms with Gasteiger partial charge in [0, 0.05) is 50.9 Å². The van der Waals surface area contributed by atoms with Gasteiger partial charge in [-0.3, -0.25) is 0 Å². The molecule has 0 amide bonds. The summed E-state index contributed by atoms with van der Waals surface area (Å²) in [6, 6.07) is 8.87. The first-order valence-corrected chi connectivity index (χ1v) is 12.6. The van der Waals surface area contributed by atoms with Crippen molar-refractivity contribution in [1.29, 1.82) is 5.26 Å². The summed E-state index contributed by atoms with van der Waals surface area (Å²) < 4.78 is 31.8. The largest absolute Gasteiger partial charge is 0.435 e. The van der Waals surface area contributed by atoms with Crippen molar-refractivity contribution in [2.75, 3.05) is 50.0 Å². The number of hydrogen-bond acceptors (Lipinski definition) is 8. The molecule has 0 bridgehead atoms. The van der Waals surface area contributed by atoms with Gasteiger partial charge in [-0.1, -0.05) is 0 Å². The van der Waals surface area contributed by atoms with E-state index in [0.717, 1.165) is 69.2 Å². The normalized spacial score (nSPS) is 16.5. The zero-order valence-electron chi connectivity index (χ0n) is 20.8. The summed E-state index contributed by atoms with van der Waals surface area (Å²) in [5, 5.41) is 12.6. The second-order valence-electron chi connectivity index (χ2n) is 9.32. The third kappa shape index (κ3) is 5.49. The summed E-state index contributed by atoms with van der Waals surface area (Å²) in [5.74, 6) is 2.63. The van der Waals surface area contributed by atoms with Crippen LogP contribution in [0.4, 0.5) is 20.4 Å². The Kier molecular flexibility index (Phi) is 7.46. The molecular formula is C26H30F2N8O. The molecule has 0 spiro atoms. The molecule has 1 aromatic carbocycles. The van der Waals surface area contributed by atoms with Gasteiger partial charge in [-0.05, 0) is 56.6 Å². The highest BCUT2D eigenvalue weighted by molar-refractivity contribution is 5.65. The number of rotatable bonds is 9. The van der Waals surface area contributed by atoms with Gasteiger partial charge >= 0.3 is 6.61 Å². The van der Waals surface area contributed by atoms with E-state index < -0.39 is 6.61 Å². The molecule has 2 fully saturated rings. The Morgan fingerprint density at radius 1 is 1.11 bits per heavy atom. The number of benzene rings is 1. The molecule has 0 saturated carbocycles. The minimum Gasteiger partial charge on any atom is -0.435 e. The van der Waals surface area contributed by atoms with Crippen molar-refractivity contribution in [3.63, 3.8) is 0 Å². The predicted molar refractivity (Wildman–Crippen MR) is 136 cm³/mol. The topological polar surface area (TPSA) is 95.1 Å². The van der Waals surface area contributed by atoms with E-state index in [4.69, 9.17) is 4.98 Å². The molecule has 2 aliphatic heterocycles. The molecule has 2 aliphatic rings. The maximum atomic E-state index is 12.5. The van der Waals surface area contributed by atoms with Crippen LogP contribution in [0.5, 0.6) is 5.75 Å². The molecule has 1 N–H and O–H groups in total. The van der Waals surface area contributed by atoms with Crippen molar-refractivity contribution in [1.82, 2.24) is 24.4 Å². The van der Waals surface area contributed by atoms with E-state index in [2.05, 4.69) is 46.7 Å². The molecule has 194 valence electrons. The first kappa shape index (κ1) is 24.9. The SMILES string of the molecule is CNc1ncnc(N2CCC(c3nc(-c4ccc(OC(F)F)cc4)cn3CCN3CCC3)CC2)c1C#N. The Hall–Kier alpha value is -3.78. The number of nitrogens with zero attached hydrogens (tertiary/aromatic N) is 7. The highest BCUT2D eigenvalue weighted by atomic mass is 19.3. The van der Waals surface area contributed by atoms with Crippen molar-refractivity contribution in [2.45, 2.75) is 38.3 Å². The molecule has 11 heteroatoms. The molecule has 2 saturated heterocycles. The molecule has 5 rings (SSSR count). The van der Waals surface area contributed by atoms with Crippen LogP contribution in [0.25, 0.3) is 11.3 Å². The van der Waals surface area contributed by atoms with E-state index in [1.54, 1.807) is 31.3 Å². The Morgan fingerprint density at radius 2 is 1.86 bits per heavy atom. The number of halogens is 2. The van der Waals surface area contributed by atoms with Crippen LogP contribution in [0.2, 0.25) is 0 Å². The molecule has 0 radical (unpaired) electrons. The van der Waals surface area contributed by atoms with Gasteiger partial charge in [0.05, 0.1) is 5.69 Å². The second-order valence-corrected chi connectivity index (χ2v) is 9.32. The molecule has 37 heavy (non-hydrogen) atoms. The lowest BCUT2D eigenvalue weighted by atomic mass is 9.95. The standard InChI is InChI=1S/C26H30F2N8O/c1-30-23-21(15-29)25(32-17-31-23)35-11-7-19(8-12-35)24-33-22(16-36(24)14-13-34-9-2-10-34)18-3-5-20(6-4-18)37-26(27)28/h3-6,16-17,19,26H,2,7-14H2,1H3,(H,30,31,32). The number of alkyl halides is 2. The number of likely N-dealkylation sites (tertiary alicyclic amines) is 1. The lowest BCUT2D eigenvalue weighted by Crippen LogP contribution is -2.39. The van der Waals surface area contributed by atoms with Gasteiger partial charge < -0.3 is 24.4 Å². The third-order valence-electron chi connectivity index (χ3n) is 7.12. The van der Waals surface area contributed by atoms with Crippen LogP contribution in [0.3, 0.4) is 0 Å². The van der Waals surface area contributed by atoms with Crippen LogP contribution < -0.4 is 15.0 Å². The molecule has 9 nitrogen and oxygen atoms in total. The Bertz CT molecular complexity index is 1240. The highest BCUT2D eigenvalue weighted by Gasteiger charge is 2.28. The molecule has 2 aromatic heterocycles. The van der Waals surface area contributed by atoms with Crippen LogP contribution in [0.1, 0.15) is 36.6 Å². The first-order valence-electron chi connectivity index (χ1n) is 12.6. The monoisotopic (exact) mass is 508 g/mol. The quantitative estimate of drug-likeness (QED) is 0.464. The number of anilines is 2. The molecule has 3 aromatic rings. The predicted octanol–water partition coefficient (Wildman–Crippen LogP) is 3.94. The van der Waals surface area contributed by atoms with Gasteiger partial charge in [0.2, 0.25) is 0 Å². The lowest BCUT2D eigenvalue weighted by molar-refractivity contribution is -0.0498. The van der Waals surface area contributed by atoms with Crippen molar-refractivity contribution in [3.05, 3.63) is 48.2 Å². The summed E-state index contributed by atoms with van der Waals surface area (Å²) in [5.41, 5.74) is 2.15. The number of hydrogen-bond donors (Lipinski definition) is 1. The van der Waals surface area contributed by atoms with Crippen molar-refractivity contribution >= 4 is 11.6 Å². The fourth-order valence-electron chi connectivity index (χ4n) is 4.99. The fraction of sp³-hybridized carbons (Fsp3) is 0.462. The molecule has 0 aliphatic carbocycles. The van der Waals surface area contributed by atoms with E-state index in [-0.39, 0.29) is 11.7 Å². The average Bonchev–Trinajstić information content (AvgIpc) is 3.31. The first-order chi connectivity index (χ1) is 18.1. The van der Waals surface area contributed by atoms with Crippen molar-refractivity contribution in [3.8, 4) is 23.1 Å². The summed E-state index contributed by atoms with van der Waals surface area (Å²) in [4.78, 5) is 18.2. The molecule has 4 heterocycles. The van der Waals surface area contributed by atoms with E-state index in [1.165, 1.54) is 12.7 Å². The van der Waals surface area contributed by atoms with Gasteiger partial charge in [0.1, 0.15) is 35.4 Å². The van der Waals surface area contributed by atoms with E-state index in [9.17, 15) is 14.0 Å².